The SMILES string of the molecule is CCOc1cc(C(=O)N/N=C/c2ccc(OCC(=O)Nc3ccccc3Cl)c(Br)c2)ccc1OCc1ccccc1. The highest BCUT2D eigenvalue weighted by molar-refractivity contribution is 9.10. The van der Waals surface area contributed by atoms with Crippen LogP contribution in [0.3, 0.4) is 0 Å². The maximum atomic E-state index is 12.7. The van der Waals surface area contributed by atoms with Crippen LogP contribution >= 0.6 is 27.5 Å². The molecule has 4 rings (SSSR count). The number of carbonyl (C=O) groups is 2. The fourth-order valence-corrected chi connectivity index (χ4v) is 4.30. The molecule has 0 fully saturated rings. The molecule has 0 heterocycles. The lowest BCUT2D eigenvalue weighted by atomic mass is 10.2. The average molecular weight is 637 g/mol. The Morgan fingerprint density at radius 2 is 1.63 bits per heavy atom. The summed E-state index contributed by atoms with van der Waals surface area (Å²) in [5.41, 5.74) is 5.13. The number of ether oxygens (including phenoxy) is 3. The van der Waals surface area contributed by atoms with E-state index in [1.807, 2.05) is 37.3 Å². The highest BCUT2D eigenvalue weighted by atomic mass is 79.9. The number of anilines is 1. The largest absolute Gasteiger partial charge is 0.490 e. The van der Waals surface area contributed by atoms with Gasteiger partial charge < -0.3 is 19.5 Å². The molecule has 2 N–H and O–H groups in total. The van der Waals surface area contributed by atoms with Crippen LogP contribution in [0.2, 0.25) is 5.02 Å². The molecule has 0 aliphatic heterocycles. The number of halogens is 2. The van der Waals surface area contributed by atoms with E-state index in [1.165, 1.54) is 6.21 Å². The predicted octanol–water partition coefficient (Wildman–Crippen LogP) is 6.86. The third-order valence-corrected chi connectivity index (χ3v) is 6.53. The number of carbonyl (C=O) groups excluding carboxylic acids is 2. The van der Waals surface area contributed by atoms with Crippen LogP contribution in [-0.2, 0) is 11.4 Å². The zero-order valence-electron chi connectivity index (χ0n) is 22.1. The van der Waals surface area contributed by atoms with E-state index in [9.17, 15) is 9.59 Å². The summed E-state index contributed by atoms with van der Waals surface area (Å²) in [6, 6.07) is 26.9. The first-order valence-electron chi connectivity index (χ1n) is 12.7. The van der Waals surface area contributed by atoms with Crippen LogP contribution in [-0.4, -0.2) is 31.2 Å². The molecule has 0 saturated carbocycles. The van der Waals surface area contributed by atoms with Crippen molar-refractivity contribution >= 4 is 51.2 Å². The van der Waals surface area contributed by atoms with Gasteiger partial charge in [-0.15, -0.1) is 0 Å². The Labute approximate surface area is 251 Å². The lowest BCUT2D eigenvalue weighted by Gasteiger charge is -2.13. The Bertz CT molecular complexity index is 1530. The van der Waals surface area contributed by atoms with Crippen LogP contribution in [0.15, 0.2) is 101 Å². The quantitative estimate of drug-likeness (QED) is 0.131. The summed E-state index contributed by atoms with van der Waals surface area (Å²) in [4.78, 5) is 24.9. The minimum atomic E-state index is -0.402. The molecular formula is C31H27BrClN3O5. The first kappa shape index (κ1) is 29.6. The van der Waals surface area contributed by atoms with Crippen LogP contribution < -0.4 is 25.0 Å². The van der Waals surface area contributed by atoms with Gasteiger partial charge in [0.1, 0.15) is 12.4 Å². The first-order chi connectivity index (χ1) is 19.9. The van der Waals surface area contributed by atoms with Crippen molar-refractivity contribution in [1.82, 2.24) is 5.43 Å². The van der Waals surface area contributed by atoms with Crippen LogP contribution in [0.1, 0.15) is 28.4 Å². The monoisotopic (exact) mass is 635 g/mol. The van der Waals surface area contributed by atoms with Crippen LogP contribution in [0.4, 0.5) is 5.69 Å². The number of nitrogens with zero attached hydrogens (tertiary/aromatic N) is 1. The van der Waals surface area contributed by atoms with Crippen molar-refractivity contribution in [3.05, 3.63) is 117 Å². The normalized spacial score (nSPS) is 10.7. The van der Waals surface area contributed by atoms with E-state index >= 15 is 0 Å². The molecule has 8 nitrogen and oxygen atoms in total. The number of para-hydroxylation sites is 1. The second-order valence-electron chi connectivity index (χ2n) is 8.57. The molecule has 0 atom stereocenters. The second-order valence-corrected chi connectivity index (χ2v) is 9.84. The van der Waals surface area contributed by atoms with Crippen molar-refractivity contribution in [3.63, 3.8) is 0 Å². The smallest absolute Gasteiger partial charge is 0.271 e. The molecule has 0 radical (unpaired) electrons. The Kier molecular flexibility index (Phi) is 10.8. The van der Waals surface area contributed by atoms with E-state index in [0.29, 0.717) is 56.8 Å². The van der Waals surface area contributed by atoms with Gasteiger partial charge in [0.25, 0.3) is 11.8 Å². The molecule has 0 spiro atoms. The third-order valence-electron chi connectivity index (χ3n) is 5.59. The minimum Gasteiger partial charge on any atom is -0.490 e. The van der Waals surface area contributed by atoms with Crippen molar-refractivity contribution in [2.75, 3.05) is 18.5 Å². The van der Waals surface area contributed by atoms with Gasteiger partial charge in [0.05, 0.1) is 28.0 Å². The Morgan fingerprint density at radius 1 is 0.878 bits per heavy atom. The van der Waals surface area contributed by atoms with Gasteiger partial charge in [0.2, 0.25) is 0 Å². The van der Waals surface area contributed by atoms with Gasteiger partial charge >= 0.3 is 0 Å². The summed E-state index contributed by atoms with van der Waals surface area (Å²) in [7, 11) is 0. The predicted molar refractivity (Wildman–Crippen MR) is 163 cm³/mol. The van der Waals surface area contributed by atoms with Crippen LogP contribution in [0.5, 0.6) is 17.2 Å². The number of amides is 2. The van der Waals surface area contributed by atoms with Crippen LogP contribution in [0.25, 0.3) is 0 Å². The van der Waals surface area contributed by atoms with Crippen molar-refractivity contribution < 1.29 is 23.8 Å². The fourth-order valence-electron chi connectivity index (χ4n) is 3.61. The lowest BCUT2D eigenvalue weighted by molar-refractivity contribution is -0.118. The van der Waals surface area contributed by atoms with E-state index in [1.54, 1.807) is 60.7 Å². The molecule has 0 aromatic heterocycles. The van der Waals surface area contributed by atoms with E-state index in [0.717, 1.165) is 5.56 Å². The van der Waals surface area contributed by atoms with E-state index in [2.05, 4.69) is 31.8 Å². The van der Waals surface area contributed by atoms with E-state index < -0.39 is 5.91 Å². The number of hydrazone groups is 1. The Balaban J connectivity index is 1.31. The molecule has 0 aliphatic carbocycles. The maximum absolute atomic E-state index is 12.7. The average Bonchev–Trinajstić information content (AvgIpc) is 2.98. The van der Waals surface area contributed by atoms with Gasteiger partial charge in [-0.3, -0.25) is 9.59 Å². The number of benzene rings is 4. The van der Waals surface area contributed by atoms with Gasteiger partial charge in [-0.05, 0) is 82.5 Å². The van der Waals surface area contributed by atoms with Crippen molar-refractivity contribution in [2.45, 2.75) is 13.5 Å². The van der Waals surface area contributed by atoms with Crippen molar-refractivity contribution in [2.24, 2.45) is 5.10 Å². The molecule has 0 bridgehead atoms. The van der Waals surface area contributed by atoms with Crippen LogP contribution in [0, 0.1) is 0 Å². The second kappa shape index (κ2) is 14.9. The standard InChI is InChI=1S/C31H27BrClN3O5/c1-2-39-29-17-23(13-15-28(29)40-19-21-8-4-3-5-9-21)31(38)36-34-18-22-12-14-27(24(32)16-22)41-20-30(37)35-26-11-7-6-10-25(26)33/h3-18H,2,19-20H2,1H3,(H,35,37)(H,36,38)/b34-18+. The first-order valence-corrected chi connectivity index (χ1v) is 13.8. The number of rotatable bonds is 12. The van der Waals surface area contributed by atoms with Crippen molar-refractivity contribution in [1.29, 1.82) is 0 Å². The topological polar surface area (TPSA) is 98.3 Å². The molecule has 4 aromatic rings. The summed E-state index contributed by atoms with van der Waals surface area (Å²) >= 11 is 9.51. The zero-order chi connectivity index (χ0) is 29.0. The zero-order valence-corrected chi connectivity index (χ0v) is 24.4. The number of nitrogens with one attached hydrogen (secondary N) is 2. The minimum absolute atomic E-state index is 0.201. The lowest BCUT2D eigenvalue weighted by Crippen LogP contribution is -2.20. The third kappa shape index (κ3) is 8.83. The fraction of sp³-hybridized carbons (Fsp3) is 0.129. The summed E-state index contributed by atoms with van der Waals surface area (Å²) in [6.07, 6.45) is 1.50. The van der Waals surface area contributed by atoms with Gasteiger partial charge in [-0.2, -0.15) is 5.10 Å². The molecule has 10 heteroatoms. The van der Waals surface area contributed by atoms with Gasteiger partial charge in [0.15, 0.2) is 18.1 Å². The summed E-state index contributed by atoms with van der Waals surface area (Å²) in [5.74, 6) is 0.741. The van der Waals surface area contributed by atoms with Gasteiger partial charge in [-0.25, -0.2) is 5.43 Å². The van der Waals surface area contributed by atoms with E-state index in [-0.39, 0.29) is 12.5 Å². The highest BCUT2D eigenvalue weighted by Crippen LogP contribution is 2.30. The molecule has 0 aliphatic rings. The molecule has 0 unspecified atom stereocenters. The van der Waals surface area contributed by atoms with Gasteiger partial charge in [-0.1, -0.05) is 54.1 Å². The Hall–Kier alpha value is -4.34. The van der Waals surface area contributed by atoms with E-state index in [4.69, 9.17) is 25.8 Å². The molecule has 41 heavy (non-hydrogen) atoms. The molecule has 2 amide bonds. The highest BCUT2D eigenvalue weighted by Gasteiger charge is 2.12. The number of hydrogen-bond donors (Lipinski definition) is 2. The van der Waals surface area contributed by atoms with Gasteiger partial charge in [0, 0.05) is 5.56 Å². The molecular weight excluding hydrogens is 610 g/mol. The summed E-state index contributed by atoms with van der Waals surface area (Å²) < 4.78 is 17.8. The molecule has 0 saturated heterocycles. The summed E-state index contributed by atoms with van der Waals surface area (Å²) in [6.45, 7) is 2.46. The van der Waals surface area contributed by atoms with Crippen molar-refractivity contribution in [3.8, 4) is 17.2 Å². The molecule has 4 aromatic carbocycles. The molecule has 210 valence electrons. The summed E-state index contributed by atoms with van der Waals surface area (Å²) in [5, 5.41) is 7.20. The maximum Gasteiger partial charge on any atom is 0.271 e. The Morgan fingerprint density at radius 3 is 2.39 bits per heavy atom. The number of hydrogen-bond acceptors (Lipinski definition) is 6.